The van der Waals surface area contributed by atoms with Crippen molar-refractivity contribution < 1.29 is 19.1 Å². The first-order valence-electron chi connectivity index (χ1n) is 11.3. The number of anilines is 2. The Morgan fingerprint density at radius 1 is 0.941 bits per heavy atom. The van der Waals surface area contributed by atoms with Crippen LogP contribution >= 0.6 is 0 Å². The number of allylic oxidation sites excluding steroid dienone is 1. The molecule has 0 spiro atoms. The van der Waals surface area contributed by atoms with Crippen LogP contribution < -0.4 is 19.7 Å². The number of fused-ring (bicyclic) bond motifs is 2. The van der Waals surface area contributed by atoms with Gasteiger partial charge in [0.1, 0.15) is 5.78 Å². The van der Waals surface area contributed by atoms with Crippen molar-refractivity contribution in [3.63, 3.8) is 0 Å². The van der Waals surface area contributed by atoms with Gasteiger partial charge in [0, 0.05) is 17.7 Å². The van der Waals surface area contributed by atoms with E-state index in [-0.39, 0.29) is 11.7 Å². The fourth-order valence-electron chi connectivity index (χ4n) is 4.88. The van der Waals surface area contributed by atoms with Gasteiger partial charge in [-0.1, -0.05) is 42.5 Å². The molecule has 0 saturated carbocycles. The van der Waals surface area contributed by atoms with Gasteiger partial charge in [-0.3, -0.25) is 14.5 Å². The predicted octanol–water partition coefficient (Wildman–Crippen LogP) is 5.38. The van der Waals surface area contributed by atoms with E-state index in [1.165, 1.54) is 0 Å². The van der Waals surface area contributed by atoms with E-state index in [4.69, 9.17) is 9.47 Å². The third-order valence-electron chi connectivity index (χ3n) is 6.46. The first-order chi connectivity index (χ1) is 16.6. The second kappa shape index (κ2) is 9.06. The zero-order valence-corrected chi connectivity index (χ0v) is 19.2. The maximum Gasteiger partial charge on any atom is 0.258 e. The maximum atomic E-state index is 14.1. The third-order valence-corrected chi connectivity index (χ3v) is 6.46. The number of hydrogen-bond acceptors (Lipinski definition) is 5. The van der Waals surface area contributed by atoms with Gasteiger partial charge < -0.3 is 14.8 Å². The van der Waals surface area contributed by atoms with Gasteiger partial charge in [-0.2, -0.15) is 0 Å². The number of amides is 1. The normalized spacial score (nSPS) is 19.2. The first-order valence-corrected chi connectivity index (χ1v) is 11.3. The average molecular weight is 455 g/mol. The van der Waals surface area contributed by atoms with Gasteiger partial charge in [0.2, 0.25) is 0 Å². The van der Waals surface area contributed by atoms with Crippen LogP contribution in [0.1, 0.15) is 34.8 Å². The summed E-state index contributed by atoms with van der Waals surface area (Å²) in [5.74, 6) is 0.529. The van der Waals surface area contributed by atoms with E-state index < -0.39 is 12.0 Å². The molecule has 1 heterocycles. The summed E-state index contributed by atoms with van der Waals surface area (Å²) in [6.45, 7) is 0. The minimum Gasteiger partial charge on any atom is -0.493 e. The van der Waals surface area contributed by atoms with Crippen LogP contribution in [-0.4, -0.2) is 25.9 Å². The monoisotopic (exact) mass is 454 g/mol. The van der Waals surface area contributed by atoms with Gasteiger partial charge in [-0.25, -0.2) is 0 Å². The van der Waals surface area contributed by atoms with Crippen molar-refractivity contribution in [1.82, 2.24) is 0 Å². The molecule has 0 aromatic heterocycles. The topological polar surface area (TPSA) is 67.9 Å². The van der Waals surface area contributed by atoms with Crippen molar-refractivity contribution in [2.75, 3.05) is 24.4 Å². The number of carbonyl (C=O) groups is 2. The van der Waals surface area contributed by atoms with Crippen LogP contribution in [0.2, 0.25) is 0 Å². The highest BCUT2D eigenvalue weighted by atomic mass is 16.5. The van der Waals surface area contributed by atoms with Crippen molar-refractivity contribution in [2.24, 2.45) is 5.92 Å². The number of nitrogens with one attached hydrogen (secondary N) is 1. The van der Waals surface area contributed by atoms with Crippen LogP contribution in [0.15, 0.2) is 84.6 Å². The molecule has 0 saturated heterocycles. The molecule has 6 heteroatoms. The Bertz CT molecular complexity index is 1270. The standard InChI is InChI=1S/C28H26N2O4/c1-33-24-16-15-19(17-25(24)34-2)27-26-21(12-8-14-23(26)31)29-20-11-6-7-13-22(20)30(27)28(32)18-9-4-3-5-10-18/h3-7,9-13,15-17,26-27,29H,8,14H2,1-2H3/t26-,27-/m1/s1. The minimum atomic E-state index is -0.567. The summed E-state index contributed by atoms with van der Waals surface area (Å²) in [5, 5.41) is 3.47. The molecule has 0 radical (unpaired) electrons. The van der Waals surface area contributed by atoms with Gasteiger partial charge in [-0.15, -0.1) is 0 Å². The van der Waals surface area contributed by atoms with E-state index >= 15 is 0 Å². The lowest BCUT2D eigenvalue weighted by Crippen LogP contribution is -2.42. The molecule has 1 aliphatic carbocycles. The SMILES string of the molecule is COc1ccc([C@@H]2[C@H]3C(=O)CCC=C3Nc3ccccc3N2C(=O)c2ccccc2)cc1OC. The lowest BCUT2D eigenvalue weighted by atomic mass is 9.81. The molecule has 5 rings (SSSR count). The maximum absolute atomic E-state index is 14.1. The Labute approximate surface area is 198 Å². The van der Waals surface area contributed by atoms with Crippen LogP contribution in [0, 0.1) is 5.92 Å². The third kappa shape index (κ3) is 3.71. The summed E-state index contributed by atoms with van der Waals surface area (Å²) in [5.41, 5.74) is 3.69. The van der Waals surface area contributed by atoms with Crippen molar-refractivity contribution in [3.05, 3.63) is 95.7 Å². The summed E-state index contributed by atoms with van der Waals surface area (Å²) < 4.78 is 11.0. The van der Waals surface area contributed by atoms with Crippen LogP contribution in [0.5, 0.6) is 11.5 Å². The fourth-order valence-corrected chi connectivity index (χ4v) is 4.88. The Balaban J connectivity index is 1.77. The number of hydrogen-bond donors (Lipinski definition) is 1. The number of ether oxygens (including phenoxy) is 2. The van der Waals surface area contributed by atoms with Crippen LogP contribution in [0.3, 0.4) is 0 Å². The molecule has 1 N–H and O–H groups in total. The predicted molar refractivity (Wildman–Crippen MR) is 131 cm³/mol. The number of para-hydroxylation sites is 2. The number of benzene rings is 3. The van der Waals surface area contributed by atoms with Gasteiger partial charge in [-0.05, 0) is 48.4 Å². The van der Waals surface area contributed by atoms with E-state index in [2.05, 4.69) is 11.4 Å². The van der Waals surface area contributed by atoms with Crippen molar-refractivity contribution in [1.29, 1.82) is 0 Å². The molecule has 0 unspecified atom stereocenters. The first kappa shape index (κ1) is 21.8. The van der Waals surface area contributed by atoms with Crippen molar-refractivity contribution in [2.45, 2.75) is 18.9 Å². The lowest BCUT2D eigenvalue weighted by molar-refractivity contribution is -0.122. The molecule has 34 heavy (non-hydrogen) atoms. The number of Topliss-reactive ketones (excluding diaryl/α,β-unsaturated/α-hetero) is 1. The van der Waals surface area contributed by atoms with Crippen molar-refractivity contribution >= 4 is 23.1 Å². The van der Waals surface area contributed by atoms with Crippen LogP contribution in [0.25, 0.3) is 0 Å². The van der Waals surface area contributed by atoms with Gasteiger partial charge in [0.25, 0.3) is 5.91 Å². The molecule has 3 aromatic rings. The summed E-state index contributed by atoms with van der Waals surface area (Å²) in [7, 11) is 3.16. The Hall–Kier alpha value is -4.06. The zero-order chi connectivity index (χ0) is 23.7. The smallest absolute Gasteiger partial charge is 0.258 e. The highest BCUT2D eigenvalue weighted by Crippen LogP contribution is 2.47. The number of nitrogens with zero attached hydrogens (tertiary/aromatic N) is 1. The highest BCUT2D eigenvalue weighted by Gasteiger charge is 2.43. The molecule has 0 bridgehead atoms. The van der Waals surface area contributed by atoms with E-state index in [0.29, 0.717) is 29.9 Å². The van der Waals surface area contributed by atoms with E-state index in [1.54, 1.807) is 31.3 Å². The summed E-state index contributed by atoms with van der Waals surface area (Å²) >= 11 is 0. The zero-order valence-electron chi connectivity index (χ0n) is 19.2. The molecule has 0 fully saturated rings. The molecule has 1 amide bonds. The number of methoxy groups -OCH3 is 2. The second-order valence-corrected chi connectivity index (χ2v) is 8.38. The van der Waals surface area contributed by atoms with Gasteiger partial charge >= 0.3 is 0 Å². The minimum absolute atomic E-state index is 0.100. The quantitative estimate of drug-likeness (QED) is 0.573. The summed E-state index contributed by atoms with van der Waals surface area (Å²) in [6, 6.07) is 21.9. The Morgan fingerprint density at radius 3 is 2.44 bits per heavy atom. The average Bonchev–Trinajstić information content (AvgIpc) is 3.03. The molecular formula is C28H26N2O4. The lowest BCUT2D eigenvalue weighted by Gasteiger charge is -2.36. The van der Waals surface area contributed by atoms with E-state index in [9.17, 15) is 9.59 Å². The molecule has 1 aliphatic heterocycles. The fraction of sp³-hybridized carbons (Fsp3) is 0.214. The molecule has 3 aromatic carbocycles. The van der Waals surface area contributed by atoms with Gasteiger partial charge in [0.05, 0.1) is 37.6 Å². The molecule has 2 aliphatic rings. The second-order valence-electron chi connectivity index (χ2n) is 8.38. The molecular weight excluding hydrogens is 428 g/mol. The number of carbonyl (C=O) groups excluding carboxylic acids is 2. The van der Waals surface area contributed by atoms with Crippen molar-refractivity contribution in [3.8, 4) is 11.5 Å². The Morgan fingerprint density at radius 2 is 1.68 bits per heavy atom. The highest BCUT2D eigenvalue weighted by molar-refractivity contribution is 6.09. The molecule has 6 nitrogen and oxygen atoms in total. The Kier molecular flexibility index (Phi) is 5.80. The van der Waals surface area contributed by atoms with E-state index in [1.807, 2.05) is 60.7 Å². The summed E-state index contributed by atoms with van der Waals surface area (Å²) in [4.78, 5) is 29.3. The molecule has 172 valence electrons. The summed E-state index contributed by atoms with van der Waals surface area (Å²) in [6.07, 6.45) is 3.18. The molecule has 2 atom stereocenters. The van der Waals surface area contributed by atoms with Crippen LogP contribution in [-0.2, 0) is 4.79 Å². The number of rotatable bonds is 4. The van der Waals surface area contributed by atoms with E-state index in [0.717, 1.165) is 22.6 Å². The van der Waals surface area contributed by atoms with Gasteiger partial charge in [0.15, 0.2) is 11.5 Å². The van der Waals surface area contributed by atoms with Crippen LogP contribution in [0.4, 0.5) is 11.4 Å². The number of ketones is 1. The largest absolute Gasteiger partial charge is 0.493 e.